The van der Waals surface area contributed by atoms with Gasteiger partial charge in [0.25, 0.3) is 0 Å². The zero-order valence-electron chi connectivity index (χ0n) is 16.2. The average Bonchev–Trinajstić information content (AvgIpc) is 2.66. The molecule has 1 aliphatic rings. The van der Waals surface area contributed by atoms with Gasteiger partial charge in [-0.3, -0.25) is 0 Å². The Morgan fingerprint density at radius 1 is 1.19 bits per heavy atom. The zero-order valence-corrected chi connectivity index (χ0v) is 17.0. The van der Waals surface area contributed by atoms with Gasteiger partial charge in [-0.25, -0.2) is 0 Å². The number of benzene rings is 1. The average molecular weight is 402 g/mol. The van der Waals surface area contributed by atoms with Gasteiger partial charge in [-0.2, -0.15) is 0 Å². The number of hydrogen-bond donors (Lipinski definition) is 2. The van der Waals surface area contributed by atoms with E-state index in [4.69, 9.17) is 20.0 Å². The normalized spacial score (nSPS) is 16.3. The first kappa shape index (κ1) is 23.3. The number of nitrogens with two attached hydrogens (primary N) is 1. The Bertz CT molecular complexity index is 580. The molecule has 154 valence electrons. The molecule has 1 saturated heterocycles. The molecule has 7 nitrogen and oxygen atoms in total. The first-order chi connectivity index (χ1) is 12.6. The summed E-state index contributed by atoms with van der Waals surface area (Å²) in [6, 6.07) is 5.77. The number of likely N-dealkylation sites (tertiary alicyclic amines) is 1. The highest BCUT2D eigenvalue weighted by molar-refractivity contribution is 5.85. The molecule has 1 heterocycles. The third kappa shape index (κ3) is 8.24. The molecule has 0 amide bonds. The Kier molecular flexibility index (Phi) is 10.9. The summed E-state index contributed by atoms with van der Waals surface area (Å²) < 4.78 is 10.5. The number of halogens is 1. The van der Waals surface area contributed by atoms with Gasteiger partial charge in [0, 0.05) is 13.0 Å². The Morgan fingerprint density at radius 2 is 1.89 bits per heavy atom. The highest BCUT2D eigenvalue weighted by Gasteiger charge is 2.15. The second-order valence-electron chi connectivity index (χ2n) is 6.58. The fourth-order valence-electron chi connectivity index (χ4n) is 3.05. The van der Waals surface area contributed by atoms with Crippen LogP contribution in [0.1, 0.15) is 31.2 Å². The van der Waals surface area contributed by atoms with E-state index in [1.807, 2.05) is 18.2 Å². The summed E-state index contributed by atoms with van der Waals surface area (Å²) in [5, 5.41) is 13.9. The summed E-state index contributed by atoms with van der Waals surface area (Å²) in [6.07, 6.45) is 4.43. The summed E-state index contributed by atoms with van der Waals surface area (Å²) in [5.41, 5.74) is 6.97. The van der Waals surface area contributed by atoms with E-state index in [1.54, 1.807) is 14.2 Å². The Hall–Kier alpha value is -1.70. The zero-order chi connectivity index (χ0) is 18.8. The van der Waals surface area contributed by atoms with Crippen molar-refractivity contribution >= 4 is 18.2 Å². The van der Waals surface area contributed by atoms with E-state index in [9.17, 15) is 5.11 Å². The summed E-state index contributed by atoms with van der Waals surface area (Å²) in [4.78, 5) is 7.48. The molecule has 8 heteroatoms. The Morgan fingerprint density at radius 3 is 2.56 bits per heavy atom. The molecule has 0 spiro atoms. The lowest BCUT2D eigenvalue weighted by molar-refractivity contribution is 0.0155. The number of nitrogens with zero attached hydrogens (tertiary/aromatic N) is 2. The Labute approximate surface area is 167 Å². The van der Waals surface area contributed by atoms with Crippen LogP contribution in [0.3, 0.4) is 0 Å². The largest absolute Gasteiger partial charge is 0.493 e. The molecule has 2 rings (SSSR count). The van der Waals surface area contributed by atoms with Gasteiger partial charge in [0.2, 0.25) is 0 Å². The van der Waals surface area contributed by atoms with Gasteiger partial charge in [-0.1, -0.05) is 17.6 Å². The van der Waals surface area contributed by atoms with E-state index in [0.29, 0.717) is 30.3 Å². The van der Waals surface area contributed by atoms with Gasteiger partial charge in [0.1, 0.15) is 18.5 Å². The number of ether oxygens (including phenoxy) is 2. The van der Waals surface area contributed by atoms with Crippen molar-refractivity contribution in [3.63, 3.8) is 0 Å². The van der Waals surface area contributed by atoms with Crippen molar-refractivity contribution in [1.82, 2.24) is 4.90 Å². The third-order valence-corrected chi connectivity index (χ3v) is 4.48. The second-order valence-corrected chi connectivity index (χ2v) is 6.58. The fraction of sp³-hybridized carbons (Fsp3) is 0.632. The molecule has 0 saturated carbocycles. The maximum atomic E-state index is 10.0. The van der Waals surface area contributed by atoms with E-state index >= 15 is 0 Å². The van der Waals surface area contributed by atoms with Gasteiger partial charge in [0.15, 0.2) is 11.5 Å². The maximum absolute atomic E-state index is 10.0. The van der Waals surface area contributed by atoms with Crippen LogP contribution >= 0.6 is 12.4 Å². The number of aryl methyl sites for hydroxylation is 1. The molecular formula is C19H32ClN3O4. The van der Waals surface area contributed by atoms with E-state index < -0.39 is 6.10 Å². The van der Waals surface area contributed by atoms with Crippen LogP contribution in [0, 0.1) is 0 Å². The molecule has 1 unspecified atom stereocenters. The quantitative estimate of drug-likeness (QED) is 0.355. The number of piperidine rings is 1. The van der Waals surface area contributed by atoms with Gasteiger partial charge in [-0.15, -0.1) is 12.4 Å². The topological polar surface area (TPSA) is 89.5 Å². The van der Waals surface area contributed by atoms with Crippen molar-refractivity contribution in [2.24, 2.45) is 10.9 Å². The van der Waals surface area contributed by atoms with Crippen molar-refractivity contribution in [3.8, 4) is 11.5 Å². The predicted octanol–water partition coefficient (Wildman–Crippen LogP) is 2.19. The summed E-state index contributed by atoms with van der Waals surface area (Å²) in [6.45, 7) is 2.89. The Balaban J connectivity index is 0.00000364. The minimum atomic E-state index is -0.546. The molecule has 0 aromatic heterocycles. The van der Waals surface area contributed by atoms with Crippen LogP contribution in [0.15, 0.2) is 23.4 Å². The van der Waals surface area contributed by atoms with E-state index in [-0.39, 0.29) is 19.0 Å². The molecular weight excluding hydrogens is 370 g/mol. The lowest BCUT2D eigenvalue weighted by Crippen LogP contribution is -2.38. The second kappa shape index (κ2) is 12.6. The first-order valence-corrected chi connectivity index (χ1v) is 9.18. The van der Waals surface area contributed by atoms with E-state index in [0.717, 1.165) is 25.1 Å². The maximum Gasteiger partial charge on any atom is 0.160 e. The molecule has 27 heavy (non-hydrogen) atoms. The van der Waals surface area contributed by atoms with Crippen molar-refractivity contribution in [1.29, 1.82) is 0 Å². The monoisotopic (exact) mass is 401 g/mol. The van der Waals surface area contributed by atoms with Crippen LogP contribution in [0.25, 0.3) is 0 Å². The molecule has 1 atom stereocenters. The number of rotatable bonds is 10. The standard InChI is InChI=1S/C19H31N3O4.ClH/c1-24-17-8-6-15(12-18(17)25-2)7-9-19(20)21-26-14-16(23)13-22-10-4-3-5-11-22;/h6,8,12,16,23H,3-5,7,9-11,13-14H2,1-2H3,(H2,20,21);1H. The van der Waals surface area contributed by atoms with Crippen molar-refractivity contribution < 1.29 is 19.4 Å². The highest BCUT2D eigenvalue weighted by Crippen LogP contribution is 2.27. The lowest BCUT2D eigenvalue weighted by atomic mass is 10.1. The highest BCUT2D eigenvalue weighted by atomic mass is 35.5. The van der Waals surface area contributed by atoms with Crippen molar-refractivity contribution in [3.05, 3.63) is 23.8 Å². The number of methoxy groups -OCH3 is 2. The van der Waals surface area contributed by atoms with E-state index in [1.165, 1.54) is 19.3 Å². The van der Waals surface area contributed by atoms with Gasteiger partial charge in [0.05, 0.1) is 14.2 Å². The van der Waals surface area contributed by atoms with Crippen LogP contribution in [0.2, 0.25) is 0 Å². The fourth-order valence-corrected chi connectivity index (χ4v) is 3.05. The van der Waals surface area contributed by atoms with Crippen LogP contribution in [0.5, 0.6) is 11.5 Å². The summed E-state index contributed by atoms with van der Waals surface area (Å²) >= 11 is 0. The van der Waals surface area contributed by atoms with Crippen LogP contribution in [0.4, 0.5) is 0 Å². The molecule has 1 aromatic carbocycles. The first-order valence-electron chi connectivity index (χ1n) is 9.18. The summed E-state index contributed by atoms with van der Waals surface area (Å²) in [5.74, 6) is 1.80. The van der Waals surface area contributed by atoms with Crippen LogP contribution < -0.4 is 15.2 Å². The number of oxime groups is 1. The predicted molar refractivity (Wildman–Crippen MR) is 109 cm³/mol. The number of amidine groups is 1. The molecule has 1 aromatic rings. The number of hydrogen-bond acceptors (Lipinski definition) is 6. The minimum Gasteiger partial charge on any atom is -0.493 e. The lowest BCUT2D eigenvalue weighted by Gasteiger charge is -2.27. The van der Waals surface area contributed by atoms with Crippen LogP contribution in [-0.2, 0) is 11.3 Å². The van der Waals surface area contributed by atoms with E-state index in [2.05, 4.69) is 10.1 Å². The minimum absolute atomic E-state index is 0. The molecule has 0 radical (unpaired) electrons. The van der Waals surface area contributed by atoms with Crippen LogP contribution in [-0.4, -0.2) is 62.4 Å². The smallest absolute Gasteiger partial charge is 0.160 e. The molecule has 0 aliphatic carbocycles. The van der Waals surface area contributed by atoms with Gasteiger partial charge < -0.3 is 30.1 Å². The molecule has 1 fully saturated rings. The number of aliphatic hydroxyl groups is 1. The number of aliphatic hydroxyl groups excluding tert-OH is 1. The SMILES string of the molecule is COc1ccc(CCC(N)=NOCC(O)CN2CCCCC2)cc1OC.Cl. The molecule has 0 bridgehead atoms. The third-order valence-electron chi connectivity index (χ3n) is 4.48. The van der Waals surface area contributed by atoms with Gasteiger partial charge >= 0.3 is 0 Å². The molecule has 3 N–H and O–H groups in total. The number of β-amino-alcohol motifs (C(OH)–C–C–N with tert-alkyl or cyclic N) is 1. The van der Waals surface area contributed by atoms with Crippen molar-refractivity contribution in [2.45, 2.75) is 38.2 Å². The summed E-state index contributed by atoms with van der Waals surface area (Å²) in [7, 11) is 3.22. The van der Waals surface area contributed by atoms with Gasteiger partial charge in [-0.05, 0) is 50.0 Å². The molecule has 1 aliphatic heterocycles. The van der Waals surface area contributed by atoms with Crippen molar-refractivity contribution in [2.75, 3.05) is 40.5 Å².